The van der Waals surface area contributed by atoms with E-state index in [1.165, 1.54) is 24.5 Å². The van der Waals surface area contributed by atoms with Gasteiger partial charge in [-0.1, -0.05) is 23.7 Å². The van der Waals surface area contributed by atoms with Gasteiger partial charge in [0.05, 0.1) is 24.0 Å². The first-order valence-corrected chi connectivity index (χ1v) is 7.89. The summed E-state index contributed by atoms with van der Waals surface area (Å²) in [5.41, 5.74) is 0.839. The number of benzene rings is 1. The van der Waals surface area contributed by atoms with Crippen molar-refractivity contribution in [3.63, 3.8) is 0 Å². The molecule has 0 aliphatic carbocycles. The van der Waals surface area contributed by atoms with Crippen LogP contribution in [0.3, 0.4) is 0 Å². The molecular formula is C16H16ClFN4O2. The maximum absolute atomic E-state index is 12.8. The summed E-state index contributed by atoms with van der Waals surface area (Å²) in [6, 6.07) is 6.09. The SMILES string of the molecule is O=C(NCc1ccc(F)cc1)N1CCC(Oc2ncc(Cl)cn2)C1. The van der Waals surface area contributed by atoms with Gasteiger partial charge < -0.3 is 15.0 Å². The number of nitrogens with zero attached hydrogens (tertiary/aromatic N) is 3. The standard InChI is InChI=1S/C16H16ClFN4O2/c17-12-8-19-15(20-9-12)24-14-5-6-22(10-14)16(23)21-7-11-1-3-13(18)4-2-11/h1-4,8-9,14H,5-7,10H2,(H,21,23). The highest BCUT2D eigenvalue weighted by molar-refractivity contribution is 6.30. The van der Waals surface area contributed by atoms with Crippen LogP contribution < -0.4 is 10.1 Å². The van der Waals surface area contributed by atoms with Gasteiger partial charge in [-0.15, -0.1) is 0 Å². The molecule has 1 aliphatic rings. The van der Waals surface area contributed by atoms with Gasteiger partial charge in [0.25, 0.3) is 0 Å². The number of aromatic nitrogens is 2. The molecule has 1 aromatic heterocycles. The third-order valence-electron chi connectivity index (χ3n) is 3.66. The van der Waals surface area contributed by atoms with E-state index in [-0.39, 0.29) is 24.0 Å². The molecule has 24 heavy (non-hydrogen) atoms. The summed E-state index contributed by atoms with van der Waals surface area (Å²) in [5, 5.41) is 3.25. The summed E-state index contributed by atoms with van der Waals surface area (Å²) in [7, 11) is 0. The number of hydrogen-bond acceptors (Lipinski definition) is 4. The summed E-state index contributed by atoms with van der Waals surface area (Å²) in [6.45, 7) is 1.40. The third-order valence-corrected chi connectivity index (χ3v) is 3.85. The summed E-state index contributed by atoms with van der Waals surface area (Å²) in [6.07, 6.45) is 3.48. The minimum Gasteiger partial charge on any atom is -0.458 e. The van der Waals surface area contributed by atoms with Crippen LogP contribution in [0.5, 0.6) is 6.01 Å². The molecule has 0 bridgehead atoms. The average Bonchev–Trinajstić information content (AvgIpc) is 3.05. The fourth-order valence-electron chi connectivity index (χ4n) is 2.41. The van der Waals surface area contributed by atoms with Crippen molar-refractivity contribution in [1.82, 2.24) is 20.2 Å². The molecule has 0 spiro atoms. The molecule has 1 saturated heterocycles. The van der Waals surface area contributed by atoms with Gasteiger partial charge in [-0.05, 0) is 17.7 Å². The molecule has 1 unspecified atom stereocenters. The fourth-order valence-corrected chi connectivity index (χ4v) is 2.51. The van der Waals surface area contributed by atoms with Crippen molar-refractivity contribution >= 4 is 17.6 Å². The van der Waals surface area contributed by atoms with E-state index < -0.39 is 0 Å². The third kappa shape index (κ3) is 4.32. The van der Waals surface area contributed by atoms with Crippen molar-refractivity contribution in [1.29, 1.82) is 0 Å². The molecule has 2 heterocycles. The Hall–Kier alpha value is -2.41. The van der Waals surface area contributed by atoms with Crippen molar-refractivity contribution in [3.8, 4) is 6.01 Å². The van der Waals surface area contributed by atoms with E-state index in [0.29, 0.717) is 31.1 Å². The topological polar surface area (TPSA) is 67.4 Å². The average molecular weight is 351 g/mol. The highest BCUT2D eigenvalue weighted by Gasteiger charge is 2.28. The van der Waals surface area contributed by atoms with Gasteiger partial charge in [-0.2, -0.15) is 0 Å². The van der Waals surface area contributed by atoms with Crippen molar-refractivity contribution in [2.75, 3.05) is 13.1 Å². The predicted octanol–water partition coefficient (Wildman–Crippen LogP) is 2.63. The second-order valence-corrected chi connectivity index (χ2v) is 5.88. The van der Waals surface area contributed by atoms with Crippen LogP contribution in [0.1, 0.15) is 12.0 Å². The Morgan fingerprint density at radius 3 is 2.75 bits per heavy atom. The van der Waals surface area contributed by atoms with Crippen molar-refractivity contribution in [3.05, 3.63) is 53.1 Å². The number of likely N-dealkylation sites (tertiary alicyclic amines) is 1. The lowest BCUT2D eigenvalue weighted by molar-refractivity contribution is 0.178. The van der Waals surface area contributed by atoms with Crippen molar-refractivity contribution < 1.29 is 13.9 Å². The number of ether oxygens (including phenoxy) is 1. The van der Waals surface area contributed by atoms with E-state index in [1.807, 2.05) is 0 Å². The molecule has 3 rings (SSSR count). The van der Waals surface area contributed by atoms with Crippen LogP contribution >= 0.6 is 11.6 Å². The Bertz CT molecular complexity index is 696. The number of hydrogen-bond donors (Lipinski definition) is 1. The summed E-state index contributed by atoms with van der Waals surface area (Å²) in [5.74, 6) is -0.297. The zero-order valence-electron chi connectivity index (χ0n) is 12.8. The zero-order chi connectivity index (χ0) is 16.9. The van der Waals surface area contributed by atoms with Crippen LogP contribution in [0.25, 0.3) is 0 Å². The first-order chi connectivity index (χ1) is 11.6. The maximum atomic E-state index is 12.8. The Balaban J connectivity index is 1.46. The maximum Gasteiger partial charge on any atom is 0.317 e. The van der Waals surface area contributed by atoms with Crippen LogP contribution in [0, 0.1) is 5.82 Å². The number of nitrogens with one attached hydrogen (secondary N) is 1. The highest BCUT2D eigenvalue weighted by Crippen LogP contribution is 2.16. The molecule has 1 atom stereocenters. The van der Waals surface area contributed by atoms with Gasteiger partial charge >= 0.3 is 12.0 Å². The molecule has 1 fully saturated rings. The molecule has 0 radical (unpaired) electrons. The van der Waals surface area contributed by atoms with Crippen LogP contribution in [-0.4, -0.2) is 40.1 Å². The second kappa shape index (κ2) is 7.44. The van der Waals surface area contributed by atoms with E-state index in [1.54, 1.807) is 17.0 Å². The summed E-state index contributed by atoms with van der Waals surface area (Å²) in [4.78, 5) is 21.8. The van der Waals surface area contributed by atoms with E-state index in [9.17, 15) is 9.18 Å². The van der Waals surface area contributed by atoms with Gasteiger partial charge in [0.2, 0.25) is 0 Å². The van der Waals surface area contributed by atoms with E-state index in [0.717, 1.165) is 5.56 Å². The van der Waals surface area contributed by atoms with Crippen LogP contribution in [-0.2, 0) is 6.54 Å². The highest BCUT2D eigenvalue weighted by atomic mass is 35.5. The van der Waals surface area contributed by atoms with Gasteiger partial charge in [-0.3, -0.25) is 0 Å². The van der Waals surface area contributed by atoms with E-state index in [2.05, 4.69) is 15.3 Å². The Labute approximate surface area is 143 Å². The van der Waals surface area contributed by atoms with Crippen LogP contribution in [0.4, 0.5) is 9.18 Å². The molecule has 1 aromatic carbocycles. The molecule has 6 nitrogen and oxygen atoms in total. The minimum absolute atomic E-state index is 0.150. The van der Waals surface area contributed by atoms with E-state index >= 15 is 0 Å². The largest absolute Gasteiger partial charge is 0.458 e. The Morgan fingerprint density at radius 2 is 2.04 bits per heavy atom. The van der Waals surface area contributed by atoms with Gasteiger partial charge in [0.15, 0.2) is 0 Å². The Morgan fingerprint density at radius 1 is 1.33 bits per heavy atom. The Kier molecular flexibility index (Phi) is 5.10. The van der Waals surface area contributed by atoms with E-state index in [4.69, 9.17) is 16.3 Å². The molecule has 126 valence electrons. The molecule has 1 aliphatic heterocycles. The number of urea groups is 1. The minimum atomic E-state index is -0.297. The molecule has 2 amide bonds. The number of halogens is 2. The van der Waals surface area contributed by atoms with Gasteiger partial charge in [0, 0.05) is 19.5 Å². The first kappa shape index (κ1) is 16.4. The number of carbonyl (C=O) groups is 1. The first-order valence-electron chi connectivity index (χ1n) is 7.51. The lowest BCUT2D eigenvalue weighted by Gasteiger charge is -2.17. The smallest absolute Gasteiger partial charge is 0.317 e. The van der Waals surface area contributed by atoms with Gasteiger partial charge in [-0.25, -0.2) is 19.2 Å². The quantitative estimate of drug-likeness (QED) is 0.920. The lowest BCUT2D eigenvalue weighted by Crippen LogP contribution is -2.39. The molecule has 2 aromatic rings. The summed E-state index contributed by atoms with van der Waals surface area (Å²) < 4.78 is 18.5. The van der Waals surface area contributed by atoms with Crippen molar-refractivity contribution in [2.45, 2.75) is 19.1 Å². The second-order valence-electron chi connectivity index (χ2n) is 5.44. The van der Waals surface area contributed by atoms with Gasteiger partial charge in [0.1, 0.15) is 11.9 Å². The predicted molar refractivity (Wildman–Crippen MR) is 86.3 cm³/mol. The van der Waals surface area contributed by atoms with Crippen LogP contribution in [0.15, 0.2) is 36.7 Å². The normalized spacial score (nSPS) is 16.9. The van der Waals surface area contributed by atoms with Crippen LogP contribution in [0.2, 0.25) is 5.02 Å². The zero-order valence-corrected chi connectivity index (χ0v) is 13.5. The number of rotatable bonds is 4. The lowest BCUT2D eigenvalue weighted by atomic mass is 10.2. The number of amides is 2. The molecule has 0 saturated carbocycles. The molecular weight excluding hydrogens is 335 g/mol. The summed E-state index contributed by atoms with van der Waals surface area (Å²) >= 11 is 5.72. The monoisotopic (exact) mass is 350 g/mol. The molecule has 8 heteroatoms. The molecule has 1 N–H and O–H groups in total. The van der Waals surface area contributed by atoms with Crippen molar-refractivity contribution in [2.24, 2.45) is 0 Å². The number of carbonyl (C=O) groups excluding carboxylic acids is 1. The fraction of sp³-hybridized carbons (Fsp3) is 0.312.